The first-order chi connectivity index (χ1) is 14.3. The molecule has 2 aliphatic rings. The van der Waals surface area contributed by atoms with Gasteiger partial charge in [-0.1, -0.05) is 31.4 Å². The van der Waals surface area contributed by atoms with Crippen molar-refractivity contribution in [3.63, 3.8) is 0 Å². The molecule has 2 aromatic heterocycles. The highest BCUT2D eigenvalue weighted by molar-refractivity contribution is 5.65. The zero-order valence-corrected chi connectivity index (χ0v) is 16.8. The number of fused-ring (bicyclic) bond motifs is 1. The number of hydrogen-bond donors (Lipinski definition) is 1. The molecule has 0 spiro atoms. The predicted molar refractivity (Wildman–Crippen MR) is 114 cm³/mol. The molecule has 29 heavy (non-hydrogen) atoms. The van der Waals surface area contributed by atoms with Gasteiger partial charge in [0.2, 0.25) is 0 Å². The summed E-state index contributed by atoms with van der Waals surface area (Å²) in [6.45, 7) is 3.06. The molecule has 1 fully saturated rings. The molecular weight excluding hydrogens is 360 g/mol. The minimum absolute atomic E-state index is 0.532. The third-order valence-corrected chi connectivity index (χ3v) is 5.98. The van der Waals surface area contributed by atoms with E-state index in [9.17, 15) is 0 Å². The molecule has 5 rings (SSSR count). The van der Waals surface area contributed by atoms with Gasteiger partial charge in [-0.15, -0.1) is 0 Å². The van der Waals surface area contributed by atoms with Crippen molar-refractivity contribution in [3.8, 4) is 11.4 Å². The Morgan fingerprint density at radius 3 is 2.59 bits per heavy atom. The van der Waals surface area contributed by atoms with Crippen LogP contribution < -0.4 is 5.32 Å². The summed E-state index contributed by atoms with van der Waals surface area (Å²) < 4.78 is 5.65. The fourth-order valence-electron chi connectivity index (χ4n) is 4.38. The normalized spacial score (nSPS) is 16.6. The standard InChI is InChI=1S/C24H26N4O/c1-16-13-19(11-12-25-16)23-27-22-15-29-14-21(22)24(28-23)26-20-9-7-18(8-10-20)17-5-3-2-4-6-17/h7-13,17H,2-6,14-15H2,1H3,(H,26,27,28). The van der Waals surface area contributed by atoms with Crippen LogP contribution in [0.15, 0.2) is 42.6 Å². The SMILES string of the molecule is Cc1cc(-c2nc3c(c(Nc4ccc(C5CCCCC5)cc4)n2)COC3)ccn1. The minimum Gasteiger partial charge on any atom is -0.370 e. The van der Waals surface area contributed by atoms with Gasteiger partial charge in [0.05, 0.1) is 18.9 Å². The molecule has 148 valence electrons. The zero-order valence-electron chi connectivity index (χ0n) is 16.8. The van der Waals surface area contributed by atoms with E-state index in [1.54, 1.807) is 6.20 Å². The lowest BCUT2D eigenvalue weighted by Gasteiger charge is -2.22. The molecule has 5 nitrogen and oxygen atoms in total. The molecule has 1 saturated carbocycles. The molecule has 5 heteroatoms. The van der Waals surface area contributed by atoms with Gasteiger partial charge >= 0.3 is 0 Å². The maximum absolute atomic E-state index is 5.65. The first kappa shape index (κ1) is 18.3. The second-order valence-electron chi connectivity index (χ2n) is 8.08. The van der Waals surface area contributed by atoms with Gasteiger partial charge in [0, 0.05) is 28.7 Å². The van der Waals surface area contributed by atoms with E-state index in [-0.39, 0.29) is 0 Å². The minimum atomic E-state index is 0.532. The van der Waals surface area contributed by atoms with Gasteiger partial charge in [-0.05, 0) is 55.5 Å². The Bertz CT molecular complexity index is 1010. The van der Waals surface area contributed by atoms with Crippen LogP contribution in [0.25, 0.3) is 11.4 Å². The highest BCUT2D eigenvalue weighted by atomic mass is 16.5. The quantitative estimate of drug-likeness (QED) is 0.626. The van der Waals surface area contributed by atoms with E-state index in [0.717, 1.165) is 39.9 Å². The van der Waals surface area contributed by atoms with Crippen LogP contribution in [0.3, 0.4) is 0 Å². The Labute approximate surface area is 171 Å². The van der Waals surface area contributed by atoms with Crippen LogP contribution in [0, 0.1) is 6.92 Å². The summed E-state index contributed by atoms with van der Waals surface area (Å²) in [6.07, 6.45) is 8.53. The summed E-state index contributed by atoms with van der Waals surface area (Å²) in [4.78, 5) is 13.9. The van der Waals surface area contributed by atoms with Crippen LogP contribution in [0.4, 0.5) is 11.5 Å². The Morgan fingerprint density at radius 1 is 0.966 bits per heavy atom. The van der Waals surface area contributed by atoms with Crippen molar-refractivity contribution in [2.45, 2.75) is 58.2 Å². The third kappa shape index (κ3) is 3.87. The number of nitrogens with zero attached hydrogens (tertiary/aromatic N) is 3. The highest BCUT2D eigenvalue weighted by Crippen LogP contribution is 2.34. The second kappa shape index (κ2) is 7.91. The summed E-state index contributed by atoms with van der Waals surface area (Å²) in [5, 5.41) is 3.51. The van der Waals surface area contributed by atoms with Crippen molar-refractivity contribution in [1.82, 2.24) is 15.0 Å². The molecule has 0 amide bonds. The second-order valence-corrected chi connectivity index (χ2v) is 8.08. The van der Waals surface area contributed by atoms with Crippen molar-refractivity contribution in [2.24, 2.45) is 0 Å². The molecule has 3 heterocycles. The topological polar surface area (TPSA) is 59.9 Å². The van der Waals surface area contributed by atoms with Crippen LogP contribution in [-0.2, 0) is 18.0 Å². The summed E-state index contributed by atoms with van der Waals surface area (Å²) in [6, 6.07) is 12.8. The molecule has 1 aliphatic heterocycles. The van der Waals surface area contributed by atoms with Crippen LogP contribution in [0.5, 0.6) is 0 Å². The first-order valence-corrected chi connectivity index (χ1v) is 10.5. The average Bonchev–Trinajstić information content (AvgIpc) is 3.24. The van der Waals surface area contributed by atoms with Gasteiger partial charge in [-0.25, -0.2) is 9.97 Å². The summed E-state index contributed by atoms with van der Waals surface area (Å²) in [5.41, 5.74) is 6.45. The average molecular weight is 386 g/mol. The molecule has 0 unspecified atom stereocenters. The molecule has 1 aromatic carbocycles. The predicted octanol–water partition coefficient (Wildman–Crippen LogP) is 5.67. The van der Waals surface area contributed by atoms with Crippen molar-refractivity contribution < 1.29 is 4.74 Å². The lowest BCUT2D eigenvalue weighted by atomic mass is 9.84. The number of nitrogens with one attached hydrogen (secondary N) is 1. The fraction of sp³-hybridized carbons (Fsp3) is 0.375. The number of aromatic nitrogens is 3. The smallest absolute Gasteiger partial charge is 0.162 e. The third-order valence-electron chi connectivity index (χ3n) is 5.98. The van der Waals surface area contributed by atoms with Crippen molar-refractivity contribution in [2.75, 3.05) is 5.32 Å². The van der Waals surface area contributed by atoms with Crippen molar-refractivity contribution in [3.05, 3.63) is 65.1 Å². The Hall–Kier alpha value is -2.79. The summed E-state index contributed by atoms with van der Waals surface area (Å²) >= 11 is 0. The van der Waals surface area contributed by atoms with Crippen LogP contribution >= 0.6 is 0 Å². The van der Waals surface area contributed by atoms with Gasteiger partial charge in [0.25, 0.3) is 0 Å². The number of rotatable bonds is 4. The van der Waals surface area contributed by atoms with E-state index in [2.05, 4.69) is 34.6 Å². The molecule has 3 aromatic rings. The molecule has 1 aliphatic carbocycles. The maximum Gasteiger partial charge on any atom is 0.162 e. The van der Waals surface area contributed by atoms with E-state index >= 15 is 0 Å². The van der Waals surface area contributed by atoms with Gasteiger partial charge in [0.15, 0.2) is 5.82 Å². The van der Waals surface area contributed by atoms with E-state index < -0.39 is 0 Å². The van der Waals surface area contributed by atoms with Crippen LogP contribution in [0.1, 0.15) is 60.5 Å². The van der Waals surface area contributed by atoms with E-state index in [4.69, 9.17) is 14.7 Å². The van der Waals surface area contributed by atoms with E-state index in [1.165, 1.54) is 37.7 Å². The van der Waals surface area contributed by atoms with E-state index in [0.29, 0.717) is 19.0 Å². The molecule has 0 saturated heterocycles. The van der Waals surface area contributed by atoms with Gasteiger partial charge in [-0.2, -0.15) is 0 Å². The number of pyridine rings is 1. The largest absolute Gasteiger partial charge is 0.370 e. The number of ether oxygens (including phenoxy) is 1. The first-order valence-electron chi connectivity index (χ1n) is 10.5. The molecular formula is C24H26N4O. The summed E-state index contributed by atoms with van der Waals surface area (Å²) in [7, 11) is 0. The Balaban J connectivity index is 1.43. The number of hydrogen-bond acceptors (Lipinski definition) is 5. The Morgan fingerprint density at radius 2 is 1.79 bits per heavy atom. The highest BCUT2D eigenvalue weighted by Gasteiger charge is 2.21. The van der Waals surface area contributed by atoms with Crippen LogP contribution in [0.2, 0.25) is 0 Å². The zero-order chi connectivity index (χ0) is 19.6. The van der Waals surface area contributed by atoms with Crippen molar-refractivity contribution >= 4 is 11.5 Å². The Kier molecular flexibility index (Phi) is 4.98. The molecule has 0 radical (unpaired) electrons. The number of benzene rings is 1. The van der Waals surface area contributed by atoms with Gasteiger partial charge in [0.1, 0.15) is 5.82 Å². The molecule has 0 atom stereocenters. The lowest BCUT2D eigenvalue weighted by molar-refractivity contribution is 0.133. The van der Waals surface area contributed by atoms with Gasteiger partial charge in [-0.3, -0.25) is 4.98 Å². The monoisotopic (exact) mass is 386 g/mol. The van der Waals surface area contributed by atoms with Crippen molar-refractivity contribution in [1.29, 1.82) is 0 Å². The summed E-state index contributed by atoms with van der Waals surface area (Å²) in [5.74, 6) is 2.26. The maximum atomic E-state index is 5.65. The number of anilines is 2. The van der Waals surface area contributed by atoms with Crippen LogP contribution in [-0.4, -0.2) is 15.0 Å². The lowest BCUT2D eigenvalue weighted by Crippen LogP contribution is -2.05. The fourth-order valence-corrected chi connectivity index (χ4v) is 4.38. The van der Waals surface area contributed by atoms with E-state index in [1.807, 2.05) is 19.1 Å². The van der Waals surface area contributed by atoms with Gasteiger partial charge < -0.3 is 10.1 Å². The molecule has 1 N–H and O–H groups in total. The molecule has 0 bridgehead atoms. The number of aryl methyl sites for hydroxylation is 1.